The van der Waals surface area contributed by atoms with Crippen molar-refractivity contribution in [1.29, 1.82) is 0 Å². The second-order valence-electron chi connectivity index (χ2n) is 2.68. The van der Waals surface area contributed by atoms with Gasteiger partial charge in [0.1, 0.15) is 11.9 Å². The van der Waals surface area contributed by atoms with E-state index in [1.54, 1.807) is 0 Å². The monoisotopic (exact) mass is 155 g/mol. The Hall–Kier alpha value is -0.800. The first-order valence-electron chi connectivity index (χ1n) is 3.70. The average Bonchev–Trinajstić information content (AvgIpc) is 1.98. The van der Waals surface area contributed by atoms with Gasteiger partial charge in [0.15, 0.2) is 0 Å². The van der Waals surface area contributed by atoms with Crippen molar-refractivity contribution < 1.29 is 10.2 Å². The van der Waals surface area contributed by atoms with Crippen LogP contribution in [0.2, 0.25) is 0 Å². The third-order valence-corrected chi connectivity index (χ3v) is 1.75. The molecule has 1 atom stereocenters. The zero-order valence-corrected chi connectivity index (χ0v) is 6.33. The van der Waals surface area contributed by atoms with Crippen molar-refractivity contribution in [2.24, 2.45) is 5.73 Å². The summed E-state index contributed by atoms with van der Waals surface area (Å²) in [5, 5.41) is 18.2. The average molecular weight is 155 g/mol. The molecule has 0 aromatic rings. The van der Waals surface area contributed by atoms with Gasteiger partial charge >= 0.3 is 0 Å². The van der Waals surface area contributed by atoms with Crippen LogP contribution in [0.3, 0.4) is 0 Å². The first-order valence-corrected chi connectivity index (χ1v) is 3.70. The fourth-order valence-electron chi connectivity index (χ4n) is 1.11. The molecule has 1 unspecified atom stereocenters. The highest BCUT2D eigenvalue weighted by molar-refractivity contribution is 5.23. The van der Waals surface area contributed by atoms with Gasteiger partial charge in [-0.3, -0.25) is 0 Å². The Morgan fingerprint density at radius 2 is 2.27 bits per heavy atom. The smallest absolute Gasteiger partial charge is 0.121 e. The largest absolute Gasteiger partial charge is 0.510 e. The summed E-state index contributed by atoms with van der Waals surface area (Å²) in [6.45, 7) is 0.590. The maximum atomic E-state index is 9.17. The van der Waals surface area contributed by atoms with Crippen molar-refractivity contribution in [3.05, 3.63) is 23.5 Å². The van der Waals surface area contributed by atoms with Crippen LogP contribution in [-0.2, 0) is 0 Å². The van der Waals surface area contributed by atoms with Crippen molar-refractivity contribution in [3.63, 3.8) is 0 Å². The second-order valence-corrected chi connectivity index (χ2v) is 2.68. The Bertz CT molecular complexity index is 196. The zero-order chi connectivity index (χ0) is 8.27. The summed E-state index contributed by atoms with van der Waals surface area (Å²) in [7, 11) is 0. The number of aliphatic hydroxyl groups is 2. The Kier molecular flexibility index (Phi) is 2.68. The number of hydrogen-bond donors (Lipinski definition) is 3. The molecule has 0 saturated carbocycles. The normalized spacial score (nSPS) is 24.4. The third-order valence-electron chi connectivity index (χ3n) is 1.75. The van der Waals surface area contributed by atoms with Gasteiger partial charge in [-0.25, -0.2) is 0 Å². The Labute approximate surface area is 65.8 Å². The molecule has 3 nitrogen and oxygen atoms in total. The van der Waals surface area contributed by atoms with E-state index in [0.29, 0.717) is 13.0 Å². The molecule has 0 aromatic carbocycles. The molecule has 62 valence electrons. The summed E-state index contributed by atoms with van der Waals surface area (Å²) in [6.07, 6.45) is 3.93. The number of aliphatic hydroxyl groups excluding tert-OH is 2. The Morgan fingerprint density at radius 3 is 2.82 bits per heavy atom. The van der Waals surface area contributed by atoms with Gasteiger partial charge in [0.05, 0.1) is 0 Å². The van der Waals surface area contributed by atoms with Gasteiger partial charge in [0, 0.05) is 6.42 Å². The van der Waals surface area contributed by atoms with E-state index in [2.05, 4.69) is 0 Å². The van der Waals surface area contributed by atoms with Crippen LogP contribution in [0.25, 0.3) is 0 Å². The number of hydrogen-bond acceptors (Lipinski definition) is 3. The van der Waals surface area contributed by atoms with Gasteiger partial charge in [-0.2, -0.15) is 0 Å². The molecule has 1 rings (SSSR count). The summed E-state index contributed by atoms with van der Waals surface area (Å²) in [5.41, 5.74) is 6.43. The minimum Gasteiger partial charge on any atom is -0.510 e. The quantitative estimate of drug-likeness (QED) is 0.543. The molecule has 11 heavy (non-hydrogen) atoms. The van der Waals surface area contributed by atoms with Crippen LogP contribution in [0.1, 0.15) is 12.8 Å². The van der Waals surface area contributed by atoms with E-state index in [1.807, 2.05) is 6.08 Å². The lowest BCUT2D eigenvalue weighted by Crippen LogP contribution is -2.15. The fourth-order valence-corrected chi connectivity index (χ4v) is 1.11. The molecule has 0 radical (unpaired) electrons. The minimum absolute atomic E-state index is 0.0470. The summed E-state index contributed by atoms with van der Waals surface area (Å²) in [6, 6.07) is 0. The maximum Gasteiger partial charge on any atom is 0.121 e. The molecule has 3 heteroatoms. The standard InChI is InChI=1S/C8H13NO2/c9-4-3-6-1-2-7(10)8(11)5-6/h1-2,8,10-11H,3-5,9H2. The van der Waals surface area contributed by atoms with Crippen molar-refractivity contribution in [1.82, 2.24) is 0 Å². The van der Waals surface area contributed by atoms with Gasteiger partial charge < -0.3 is 15.9 Å². The van der Waals surface area contributed by atoms with E-state index in [0.717, 1.165) is 12.0 Å². The predicted molar refractivity (Wildman–Crippen MR) is 43.1 cm³/mol. The van der Waals surface area contributed by atoms with Gasteiger partial charge in [0.2, 0.25) is 0 Å². The zero-order valence-electron chi connectivity index (χ0n) is 6.33. The van der Waals surface area contributed by atoms with Crippen LogP contribution in [0.5, 0.6) is 0 Å². The molecule has 0 spiro atoms. The minimum atomic E-state index is -0.721. The lowest BCUT2D eigenvalue weighted by molar-refractivity contribution is 0.150. The van der Waals surface area contributed by atoms with E-state index >= 15 is 0 Å². The van der Waals surface area contributed by atoms with Crippen LogP contribution in [-0.4, -0.2) is 22.9 Å². The molecular weight excluding hydrogens is 142 g/mol. The van der Waals surface area contributed by atoms with Crippen LogP contribution in [0.4, 0.5) is 0 Å². The van der Waals surface area contributed by atoms with E-state index in [4.69, 9.17) is 10.8 Å². The molecule has 0 heterocycles. The number of rotatable bonds is 2. The number of nitrogens with two attached hydrogens (primary N) is 1. The SMILES string of the molecule is NCCC1=CC=C(O)C(O)C1. The second kappa shape index (κ2) is 3.55. The molecule has 0 amide bonds. The van der Waals surface area contributed by atoms with Crippen molar-refractivity contribution in [3.8, 4) is 0 Å². The lowest BCUT2D eigenvalue weighted by Gasteiger charge is -2.15. The summed E-state index contributed by atoms with van der Waals surface area (Å²) in [5.74, 6) is 0.0470. The lowest BCUT2D eigenvalue weighted by atomic mass is 9.99. The molecule has 1 aliphatic carbocycles. The van der Waals surface area contributed by atoms with Crippen LogP contribution < -0.4 is 5.73 Å². The van der Waals surface area contributed by atoms with E-state index in [1.165, 1.54) is 6.08 Å². The highest BCUT2D eigenvalue weighted by Gasteiger charge is 2.14. The molecule has 0 saturated heterocycles. The molecule has 0 aromatic heterocycles. The van der Waals surface area contributed by atoms with E-state index in [9.17, 15) is 5.11 Å². The van der Waals surface area contributed by atoms with Crippen molar-refractivity contribution >= 4 is 0 Å². The summed E-state index contributed by atoms with van der Waals surface area (Å²) < 4.78 is 0. The van der Waals surface area contributed by atoms with Gasteiger partial charge in [-0.15, -0.1) is 0 Å². The van der Waals surface area contributed by atoms with Crippen LogP contribution in [0.15, 0.2) is 23.5 Å². The van der Waals surface area contributed by atoms with E-state index < -0.39 is 6.10 Å². The molecule has 0 bridgehead atoms. The Balaban J connectivity index is 2.58. The molecule has 1 aliphatic rings. The van der Waals surface area contributed by atoms with Crippen LogP contribution in [0, 0.1) is 0 Å². The fraction of sp³-hybridized carbons (Fsp3) is 0.500. The molecule has 4 N–H and O–H groups in total. The first kappa shape index (κ1) is 8.30. The topological polar surface area (TPSA) is 66.5 Å². The Morgan fingerprint density at radius 1 is 1.55 bits per heavy atom. The van der Waals surface area contributed by atoms with Gasteiger partial charge in [-0.05, 0) is 19.0 Å². The van der Waals surface area contributed by atoms with Gasteiger partial charge in [0.25, 0.3) is 0 Å². The third kappa shape index (κ3) is 2.06. The summed E-state index contributed by atoms with van der Waals surface area (Å²) >= 11 is 0. The molecule has 0 aliphatic heterocycles. The van der Waals surface area contributed by atoms with E-state index in [-0.39, 0.29) is 5.76 Å². The highest BCUT2D eigenvalue weighted by Crippen LogP contribution is 2.18. The number of allylic oxidation sites excluding steroid dienone is 2. The first-order chi connectivity index (χ1) is 5.24. The van der Waals surface area contributed by atoms with Gasteiger partial charge in [-0.1, -0.05) is 11.6 Å². The highest BCUT2D eigenvalue weighted by atomic mass is 16.3. The van der Waals surface area contributed by atoms with Crippen molar-refractivity contribution in [2.75, 3.05) is 6.54 Å². The maximum absolute atomic E-state index is 9.17. The van der Waals surface area contributed by atoms with Crippen molar-refractivity contribution in [2.45, 2.75) is 18.9 Å². The predicted octanol–water partition coefficient (Wildman–Crippen LogP) is 0.468. The van der Waals surface area contributed by atoms with Crippen LogP contribution >= 0.6 is 0 Å². The summed E-state index contributed by atoms with van der Waals surface area (Å²) in [4.78, 5) is 0. The molecule has 0 fully saturated rings. The molecular formula is C8H13NO2.